The van der Waals surface area contributed by atoms with Crippen molar-refractivity contribution in [2.75, 3.05) is 7.05 Å². The molecule has 176 valence electrons. The Morgan fingerprint density at radius 3 is 2.64 bits per heavy atom. The molecular weight excluding hydrogens is 408 g/mol. The van der Waals surface area contributed by atoms with E-state index < -0.39 is 0 Å². The van der Waals surface area contributed by atoms with E-state index >= 15 is 0 Å². The van der Waals surface area contributed by atoms with Gasteiger partial charge in [0.15, 0.2) is 0 Å². The van der Waals surface area contributed by atoms with Crippen molar-refractivity contribution in [1.82, 2.24) is 10.4 Å². The van der Waals surface area contributed by atoms with E-state index in [4.69, 9.17) is 9.41 Å². The SMILES string of the molecule is C.CCC(C)C(=C\C(=N/C)c1ccoc1)/N=C(\C=C(C)C)N1C=CC(c2cccc(C)c2)N1. The van der Waals surface area contributed by atoms with Gasteiger partial charge in [0.05, 0.1) is 24.3 Å². The largest absolute Gasteiger partial charge is 0.472 e. The molecule has 2 atom stereocenters. The summed E-state index contributed by atoms with van der Waals surface area (Å²) in [5, 5.41) is 2.01. The summed E-state index contributed by atoms with van der Waals surface area (Å²) >= 11 is 0. The third-order valence-electron chi connectivity index (χ3n) is 5.47. The molecule has 1 N–H and O–H groups in total. The highest BCUT2D eigenvalue weighted by Crippen LogP contribution is 2.23. The number of nitrogens with one attached hydrogen (secondary N) is 1. The van der Waals surface area contributed by atoms with Crippen molar-refractivity contribution in [3.05, 3.63) is 95.2 Å². The molecule has 0 saturated carbocycles. The number of aryl methyl sites for hydroxylation is 1. The number of allylic oxidation sites excluding steroid dienone is 3. The summed E-state index contributed by atoms with van der Waals surface area (Å²) in [5.41, 5.74) is 10.0. The zero-order valence-corrected chi connectivity index (χ0v) is 20.0. The fourth-order valence-electron chi connectivity index (χ4n) is 3.47. The normalized spacial score (nSPS) is 17.7. The number of furan rings is 1. The lowest BCUT2D eigenvalue weighted by Gasteiger charge is -2.22. The van der Waals surface area contributed by atoms with Crippen LogP contribution in [0, 0.1) is 12.8 Å². The zero-order valence-electron chi connectivity index (χ0n) is 20.0. The van der Waals surface area contributed by atoms with Gasteiger partial charge in [-0.25, -0.2) is 10.4 Å². The third-order valence-corrected chi connectivity index (χ3v) is 5.47. The number of hydrogen-bond acceptors (Lipinski definition) is 4. The van der Waals surface area contributed by atoms with Crippen LogP contribution in [0.4, 0.5) is 0 Å². The highest BCUT2D eigenvalue weighted by molar-refractivity contribution is 6.09. The second kappa shape index (κ2) is 12.2. The van der Waals surface area contributed by atoms with Gasteiger partial charge in [0.25, 0.3) is 0 Å². The monoisotopic (exact) mass is 446 g/mol. The van der Waals surface area contributed by atoms with Gasteiger partial charge in [-0.3, -0.25) is 10.0 Å². The number of benzene rings is 1. The second-order valence-corrected chi connectivity index (χ2v) is 8.42. The maximum Gasteiger partial charge on any atom is 0.147 e. The molecule has 0 fully saturated rings. The van der Waals surface area contributed by atoms with Crippen LogP contribution in [0.5, 0.6) is 0 Å². The van der Waals surface area contributed by atoms with Gasteiger partial charge in [-0.1, -0.05) is 56.7 Å². The Kier molecular flexibility index (Phi) is 9.61. The van der Waals surface area contributed by atoms with Gasteiger partial charge >= 0.3 is 0 Å². The quantitative estimate of drug-likeness (QED) is 0.367. The summed E-state index contributed by atoms with van der Waals surface area (Å²) in [5.74, 6) is 1.13. The van der Waals surface area contributed by atoms with Crippen molar-refractivity contribution in [3.8, 4) is 0 Å². The summed E-state index contributed by atoms with van der Waals surface area (Å²) in [7, 11) is 1.80. The molecule has 1 aliphatic heterocycles. The average molecular weight is 447 g/mol. The topological polar surface area (TPSA) is 53.1 Å². The van der Waals surface area contributed by atoms with E-state index in [1.807, 2.05) is 11.1 Å². The fourth-order valence-corrected chi connectivity index (χ4v) is 3.47. The van der Waals surface area contributed by atoms with E-state index in [1.165, 1.54) is 16.7 Å². The number of aliphatic imine (C=N–C) groups is 2. The zero-order chi connectivity index (χ0) is 23.1. The Balaban J connectivity index is 0.00000385. The summed E-state index contributed by atoms with van der Waals surface area (Å²) < 4.78 is 5.26. The summed E-state index contributed by atoms with van der Waals surface area (Å²) in [6.45, 7) is 10.7. The number of hydrazine groups is 1. The molecule has 0 amide bonds. The molecule has 3 rings (SSSR count). The van der Waals surface area contributed by atoms with Crippen molar-refractivity contribution in [2.45, 2.75) is 54.5 Å². The highest BCUT2D eigenvalue weighted by atomic mass is 16.3. The first-order valence-corrected chi connectivity index (χ1v) is 11.2. The number of amidine groups is 1. The van der Waals surface area contributed by atoms with Crippen molar-refractivity contribution >= 4 is 11.5 Å². The van der Waals surface area contributed by atoms with Crippen LogP contribution in [0.1, 0.15) is 64.3 Å². The lowest BCUT2D eigenvalue weighted by Crippen LogP contribution is -2.35. The first-order chi connectivity index (χ1) is 15.4. The molecule has 1 aromatic heterocycles. The van der Waals surface area contributed by atoms with Gasteiger partial charge in [-0.05, 0) is 63.0 Å². The van der Waals surface area contributed by atoms with Crippen molar-refractivity contribution in [2.24, 2.45) is 15.9 Å². The van der Waals surface area contributed by atoms with Gasteiger partial charge in [0.1, 0.15) is 5.84 Å². The minimum Gasteiger partial charge on any atom is -0.472 e. The highest BCUT2D eigenvalue weighted by Gasteiger charge is 2.21. The van der Waals surface area contributed by atoms with Crippen molar-refractivity contribution in [1.29, 1.82) is 0 Å². The Morgan fingerprint density at radius 1 is 1.24 bits per heavy atom. The van der Waals surface area contributed by atoms with Gasteiger partial charge in [-0.2, -0.15) is 0 Å². The molecular formula is C28H38N4O. The van der Waals surface area contributed by atoms with Crippen LogP contribution in [0.3, 0.4) is 0 Å². The molecule has 1 aliphatic rings. The van der Waals surface area contributed by atoms with Crippen molar-refractivity contribution in [3.63, 3.8) is 0 Å². The molecule has 0 aliphatic carbocycles. The summed E-state index contributed by atoms with van der Waals surface area (Å²) in [6.07, 6.45) is 12.8. The minimum atomic E-state index is 0. The van der Waals surface area contributed by atoms with E-state index in [2.05, 4.69) is 93.7 Å². The summed E-state index contributed by atoms with van der Waals surface area (Å²) in [6, 6.07) is 10.6. The molecule has 1 aromatic carbocycles. The van der Waals surface area contributed by atoms with Crippen LogP contribution >= 0.6 is 0 Å². The molecule has 0 saturated heterocycles. The Bertz CT molecular complexity index is 1050. The maximum atomic E-state index is 5.26. The molecule has 5 heteroatoms. The lowest BCUT2D eigenvalue weighted by atomic mass is 10.0. The van der Waals surface area contributed by atoms with Crippen LogP contribution in [-0.4, -0.2) is 23.6 Å². The van der Waals surface area contributed by atoms with E-state index in [9.17, 15) is 0 Å². The maximum absolute atomic E-state index is 5.26. The molecule has 0 spiro atoms. The van der Waals surface area contributed by atoms with Gasteiger partial charge < -0.3 is 4.42 Å². The lowest BCUT2D eigenvalue weighted by molar-refractivity contribution is 0.408. The number of rotatable bonds is 7. The van der Waals surface area contributed by atoms with Gasteiger partial charge in [0.2, 0.25) is 0 Å². The van der Waals surface area contributed by atoms with E-state index in [-0.39, 0.29) is 19.4 Å². The molecule has 2 unspecified atom stereocenters. The Hall–Kier alpha value is -3.18. The fraction of sp³-hybridized carbons (Fsp3) is 0.357. The van der Waals surface area contributed by atoms with Gasteiger partial charge in [0, 0.05) is 24.5 Å². The van der Waals surface area contributed by atoms with E-state index in [1.54, 1.807) is 19.6 Å². The molecule has 0 radical (unpaired) electrons. The standard InChI is InChI=1S/C27H34N4O.CH4/c1-7-21(5)25(17-26(28-6)23-12-14-32-18-23)29-27(15-19(2)3)31-13-11-24(30-31)22-10-8-9-20(4)16-22;/h8-18,21,24,30H,7H2,1-6H3;1H4/b25-17+,28-26+,29-27+;. The van der Waals surface area contributed by atoms with Crippen LogP contribution < -0.4 is 5.43 Å². The predicted molar refractivity (Wildman–Crippen MR) is 140 cm³/mol. The van der Waals surface area contributed by atoms with Crippen LogP contribution in [0.25, 0.3) is 0 Å². The van der Waals surface area contributed by atoms with Crippen molar-refractivity contribution < 1.29 is 4.42 Å². The van der Waals surface area contributed by atoms with Crippen LogP contribution in [0.15, 0.2) is 93.0 Å². The second-order valence-electron chi connectivity index (χ2n) is 8.42. The average Bonchev–Trinajstić information content (AvgIpc) is 3.47. The van der Waals surface area contributed by atoms with Gasteiger partial charge in [-0.15, -0.1) is 0 Å². The number of nitrogens with zero attached hydrogens (tertiary/aromatic N) is 3. The Morgan fingerprint density at radius 2 is 2.03 bits per heavy atom. The van der Waals surface area contributed by atoms with E-state index in [0.717, 1.165) is 29.2 Å². The smallest absolute Gasteiger partial charge is 0.147 e. The van der Waals surface area contributed by atoms with E-state index in [0.29, 0.717) is 0 Å². The molecule has 2 heterocycles. The summed E-state index contributed by atoms with van der Waals surface area (Å²) in [4.78, 5) is 9.58. The molecule has 0 bridgehead atoms. The van der Waals surface area contributed by atoms with Crippen LogP contribution in [0.2, 0.25) is 0 Å². The first-order valence-electron chi connectivity index (χ1n) is 11.2. The first kappa shape index (κ1) is 26.1. The third kappa shape index (κ3) is 6.90. The predicted octanol–water partition coefficient (Wildman–Crippen LogP) is 7.01. The molecule has 5 nitrogen and oxygen atoms in total. The molecule has 2 aromatic rings. The number of hydrogen-bond donors (Lipinski definition) is 1. The molecule has 33 heavy (non-hydrogen) atoms. The Labute approximate surface area is 199 Å². The minimum absolute atomic E-state index is 0. The van der Waals surface area contributed by atoms with Crippen LogP contribution in [-0.2, 0) is 0 Å².